The Bertz CT molecular complexity index is 458. The van der Waals surface area contributed by atoms with Crippen LogP contribution in [0.2, 0.25) is 0 Å². The number of nitro groups is 1. The number of nitriles is 1. The topological polar surface area (TPSA) is 107 Å². The van der Waals surface area contributed by atoms with E-state index in [0.29, 0.717) is 4.90 Å². The standard InChI is InChI=1S/C10H10N2O4S/c11-4-7-1-2-10(9(3-7)12(15)16)17-6-8(14)5-13/h1-3,8,13-14H,5-6H2. The molecule has 0 aliphatic rings. The number of hydrogen-bond acceptors (Lipinski definition) is 6. The van der Waals surface area contributed by atoms with Gasteiger partial charge in [-0.2, -0.15) is 5.26 Å². The van der Waals surface area contributed by atoms with Crippen LogP contribution >= 0.6 is 11.8 Å². The minimum Gasteiger partial charge on any atom is -0.394 e. The Morgan fingerprint density at radius 3 is 2.82 bits per heavy atom. The van der Waals surface area contributed by atoms with E-state index in [1.54, 1.807) is 0 Å². The van der Waals surface area contributed by atoms with Crippen molar-refractivity contribution in [2.75, 3.05) is 12.4 Å². The molecule has 7 heteroatoms. The van der Waals surface area contributed by atoms with Crippen LogP contribution in [-0.4, -0.2) is 33.6 Å². The molecule has 1 aromatic carbocycles. The normalized spacial score (nSPS) is 11.8. The molecule has 17 heavy (non-hydrogen) atoms. The summed E-state index contributed by atoms with van der Waals surface area (Å²) < 4.78 is 0. The zero-order valence-corrected chi connectivity index (χ0v) is 9.55. The number of thioether (sulfide) groups is 1. The Balaban J connectivity index is 2.92. The van der Waals surface area contributed by atoms with Crippen LogP contribution in [-0.2, 0) is 0 Å². The van der Waals surface area contributed by atoms with Crippen LogP contribution in [0.5, 0.6) is 0 Å². The predicted molar refractivity (Wildman–Crippen MR) is 61.6 cm³/mol. The summed E-state index contributed by atoms with van der Waals surface area (Å²) in [5.74, 6) is 0.156. The molecular formula is C10H10N2O4S. The van der Waals surface area contributed by atoms with Crippen LogP contribution in [0.4, 0.5) is 5.69 Å². The molecule has 1 atom stereocenters. The van der Waals surface area contributed by atoms with E-state index in [4.69, 9.17) is 15.5 Å². The molecule has 6 nitrogen and oxygen atoms in total. The summed E-state index contributed by atoms with van der Waals surface area (Å²) in [5.41, 5.74) is 0.0444. The second-order valence-electron chi connectivity index (χ2n) is 3.20. The Labute approximate surface area is 102 Å². The van der Waals surface area contributed by atoms with Gasteiger partial charge >= 0.3 is 0 Å². The van der Waals surface area contributed by atoms with Gasteiger partial charge in [-0.25, -0.2) is 0 Å². The van der Waals surface area contributed by atoms with Gasteiger partial charge in [-0.1, -0.05) is 0 Å². The number of nitro benzene ring substituents is 1. The van der Waals surface area contributed by atoms with E-state index in [9.17, 15) is 10.1 Å². The molecule has 1 unspecified atom stereocenters. The Morgan fingerprint density at radius 2 is 2.29 bits per heavy atom. The molecule has 0 amide bonds. The van der Waals surface area contributed by atoms with Gasteiger partial charge in [0.1, 0.15) is 0 Å². The fourth-order valence-corrected chi connectivity index (χ4v) is 2.01. The van der Waals surface area contributed by atoms with E-state index in [-0.39, 0.29) is 17.0 Å². The molecule has 0 spiro atoms. The summed E-state index contributed by atoms with van der Waals surface area (Å²) >= 11 is 1.07. The molecule has 0 aliphatic heterocycles. The fourth-order valence-electron chi connectivity index (χ4n) is 1.09. The van der Waals surface area contributed by atoms with Gasteiger partial charge in [0, 0.05) is 11.8 Å². The highest BCUT2D eigenvalue weighted by Crippen LogP contribution is 2.30. The maximum absolute atomic E-state index is 10.8. The van der Waals surface area contributed by atoms with Crippen LogP contribution in [0.25, 0.3) is 0 Å². The van der Waals surface area contributed by atoms with E-state index in [1.165, 1.54) is 18.2 Å². The molecule has 0 bridgehead atoms. The van der Waals surface area contributed by atoms with Crippen LogP contribution in [0, 0.1) is 21.4 Å². The fraction of sp³-hybridized carbons (Fsp3) is 0.300. The highest BCUT2D eigenvalue weighted by atomic mass is 32.2. The van der Waals surface area contributed by atoms with Crippen molar-refractivity contribution >= 4 is 17.4 Å². The highest BCUT2D eigenvalue weighted by molar-refractivity contribution is 7.99. The van der Waals surface area contributed by atoms with Gasteiger partial charge in [0.15, 0.2) is 0 Å². The largest absolute Gasteiger partial charge is 0.394 e. The zero-order valence-electron chi connectivity index (χ0n) is 8.74. The van der Waals surface area contributed by atoms with E-state index in [2.05, 4.69) is 0 Å². The van der Waals surface area contributed by atoms with Gasteiger partial charge in [-0.15, -0.1) is 11.8 Å². The molecule has 0 aliphatic carbocycles. The zero-order chi connectivity index (χ0) is 12.8. The maximum atomic E-state index is 10.8. The molecule has 2 N–H and O–H groups in total. The molecule has 0 fully saturated rings. The molecule has 0 saturated heterocycles. The second-order valence-corrected chi connectivity index (χ2v) is 4.26. The Hall–Kier alpha value is -1.62. The third-order valence-electron chi connectivity index (χ3n) is 1.93. The van der Waals surface area contributed by atoms with Crippen molar-refractivity contribution < 1.29 is 15.1 Å². The summed E-state index contributed by atoms with van der Waals surface area (Å²) in [6, 6.07) is 5.95. The van der Waals surface area contributed by atoms with Gasteiger partial charge in [-0.3, -0.25) is 10.1 Å². The van der Waals surface area contributed by atoms with Gasteiger partial charge in [-0.05, 0) is 12.1 Å². The predicted octanol–water partition coefficient (Wildman–Crippen LogP) is 0.912. The number of aliphatic hydroxyl groups is 2. The molecule has 0 radical (unpaired) electrons. The minimum absolute atomic E-state index is 0.156. The Kier molecular flexibility index (Phi) is 4.90. The van der Waals surface area contributed by atoms with Crippen molar-refractivity contribution in [3.63, 3.8) is 0 Å². The average molecular weight is 254 g/mol. The second kappa shape index (κ2) is 6.20. The summed E-state index contributed by atoms with van der Waals surface area (Å²) in [7, 11) is 0. The smallest absolute Gasteiger partial charge is 0.284 e. The van der Waals surface area contributed by atoms with Crippen molar-refractivity contribution in [3.8, 4) is 6.07 Å². The lowest BCUT2D eigenvalue weighted by Crippen LogP contribution is -2.14. The first-order valence-electron chi connectivity index (χ1n) is 4.68. The molecule has 0 aromatic heterocycles. The molecule has 1 rings (SSSR count). The van der Waals surface area contributed by atoms with Gasteiger partial charge in [0.05, 0.1) is 34.2 Å². The number of rotatable bonds is 5. The lowest BCUT2D eigenvalue weighted by Gasteiger charge is -2.06. The van der Waals surface area contributed by atoms with Crippen LogP contribution in [0.1, 0.15) is 5.56 Å². The molecule has 1 aromatic rings. The third kappa shape index (κ3) is 3.71. The maximum Gasteiger partial charge on any atom is 0.284 e. The van der Waals surface area contributed by atoms with Gasteiger partial charge < -0.3 is 10.2 Å². The monoisotopic (exact) mass is 254 g/mol. The van der Waals surface area contributed by atoms with Crippen LogP contribution in [0.3, 0.4) is 0 Å². The molecule has 0 saturated carbocycles. The molecule has 90 valence electrons. The lowest BCUT2D eigenvalue weighted by atomic mass is 10.2. The van der Waals surface area contributed by atoms with Gasteiger partial charge in [0.25, 0.3) is 5.69 Å². The minimum atomic E-state index is -0.921. The first-order valence-corrected chi connectivity index (χ1v) is 5.67. The average Bonchev–Trinajstić information content (AvgIpc) is 2.35. The Morgan fingerprint density at radius 1 is 1.59 bits per heavy atom. The summed E-state index contributed by atoms with van der Waals surface area (Å²) in [6.45, 7) is -0.392. The van der Waals surface area contributed by atoms with Crippen molar-refractivity contribution in [2.24, 2.45) is 0 Å². The first-order chi connectivity index (χ1) is 8.08. The molecule has 0 heterocycles. The number of aliphatic hydroxyl groups excluding tert-OH is 2. The molecular weight excluding hydrogens is 244 g/mol. The number of nitrogens with zero attached hydrogens (tertiary/aromatic N) is 2. The summed E-state index contributed by atoms with van der Waals surface area (Å²) in [4.78, 5) is 10.6. The van der Waals surface area contributed by atoms with Crippen molar-refractivity contribution in [1.29, 1.82) is 5.26 Å². The van der Waals surface area contributed by atoms with Gasteiger partial charge in [0.2, 0.25) is 0 Å². The summed E-state index contributed by atoms with van der Waals surface area (Å²) in [6.07, 6.45) is -0.921. The van der Waals surface area contributed by atoms with Crippen molar-refractivity contribution in [3.05, 3.63) is 33.9 Å². The third-order valence-corrected chi connectivity index (χ3v) is 3.13. The van der Waals surface area contributed by atoms with E-state index < -0.39 is 17.6 Å². The quantitative estimate of drug-likeness (QED) is 0.459. The first kappa shape index (κ1) is 13.4. The number of hydrogen-bond donors (Lipinski definition) is 2. The van der Waals surface area contributed by atoms with E-state index >= 15 is 0 Å². The van der Waals surface area contributed by atoms with E-state index in [1.807, 2.05) is 6.07 Å². The lowest BCUT2D eigenvalue weighted by molar-refractivity contribution is -0.387. The van der Waals surface area contributed by atoms with Crippen LogP contribution in [0.15, 0.2) is 23.1 Å². The highest BCUT2D eigenvalue weighted by Gasteiger charge is 2.16. The van der Waals surface area contributed by atoms with Crippen molar-refractivity contribution in [2.45, 2.75) is 11.0 Å². The van der Waals surface area contributed by atoms with Crippen molar-refractivity contribution in [1.82, 2.24) is 0 Å². The van der Waals surface area contributed by atoms with Crippen LogP contribution < -0.4 is 0 Å². The SMILES string of the molecule is N#Cc1ccc(SCC(O)CO)c([N+](=O)[O-])c1. The summed E-state index contributed by atoms with van der Waals surface area (Å²) in [5, 5.41) is 37.2. The van der Waals surface area contributed by atoms with E-state index in [0.717, 1.165) is 11.8 Å². The number of benzene rings is 1.